The van der Waals surface area contributed by atoms with Crippen molar-refractivity contribution in [3.05, 3.63) is 40.9 Å². The Morgan fingerprint density at radius 3 is 2.68 bits per heavy atom. The molecular weight excluding hydrogens is 382 g/mol. The molecule has 2 atom stereocenters. The number of nitrogens with one attached hydrogen (secondary N) is 1. The Morgan fingerprint density at radius 2 is 2.04 bits per heavy atom. The number of benzene rings is 1. The Balaban J connectivity index is 1.77. The molecule has 28 heavy (non-hydrogen) atoms. The number of carbonyl (C=O) groups excluding carboxylic acids is 3. The average Bonchev–Trinajstić information content (AvgIpc) is 3.27. The molecule has 0 radical (unpaired) electrons. The van der Waals surface area contributed by atoms with Gasteiger partial charge in [-0.25, -0.2) is 9.78 Å². The highest BCUT2D eigenvalue weighted by atomic mass is 32.1. The van der Waals surface area contributed by atoms with Gasteiger partial charge in [-0.3, -0.25) is 9.59 Å². The number of thiazole rings is 1. The number of hydrogen-bond donors (Lipinski definition) is 1. The predicted octanol–water partition coefficient (Wildman–Crippen LogP) is 2.49. The van der Waals surface area contributed by atoms with Crippen LogP contribution in [0, 0.1) is 5.92 Å². The smallest absolute Gasteiger partial charge is 0.357 e. The van der Waals surface area contributed by atoms with E-state index in [1.807, 2.05) is 12.1 Å². The van der Waals surface area contributed by atoms with Gasteiger partial charge < -0.3 is 19.7 Å². The number of nitrogens with zero attached hydrogens (tertiary/aromatic N) is 2. The Hall–Kier alpha value is -2.94. The number of carbonyl (C=O) groups is 3. The third kappa shape index (κ3) is 3.99. The van der Waals surface area contributed by atoms with Crippen molar-refractivity contribution in [2.45, 2.75) is 19.4 Å². The van der Waals surface area contributed by atoms with Crippen LogP contribution in [0.3, 0.4) is 0 Å². The van der Waals surface area contributed by atoms with Crippen molar-refractivity contribution in [3.63, 3.8) is 0 Å². The van der Waals surface area contributed by atoms with Gasteiger partial charge in [0.05, 0.1) is 25.7 Å². The van der Waals surface area contributed by atoms with Gasteiger partial charge in [-0.15, -0.1) is 11.3 Å². The van der Waals surface area contributed by atoms with Crippen LogP contribution in [0.25, 0.3) is 0 Å². The third-order valence-electron chi connectivity index (χ3n) is 4.60. The molecule has 1 saturated heterocycles. The maximum Gasteiger partial charge on any atom is 0.357 e. The number of rotatable bonds is 6. The SMILES string of the molecule is CCOC(=O)c1csc(NC(=O)[C@H]2CC(=O)N(C)[C@@H]2c2ccc(OC)cc2)n1. The van der Waals surface area contributed by atoms with Gasteiger partial charge in [0, 0.05) is 18.8 Å². The minimum Gasteiger partial charge on any atom is -0.497 e. The summed E-state index contributed by atoms with van der Waals surface area (Å²) in [5.41, 5.74) is 0.995. The van der Waals surface area contributed by atoms with Gasteiger partial charge >= 0.3 is 5.97 Å². The molecular formula is C19H21N3O5S. The Labute approximate surface area is 166 Å². The first-order valence-corrected chi connectivity index (χ1v) is 9.65. The van der Waals surface area contributed by atoms with Gasteiger partial charge in [0.2, 0.25) is 11.8 Å². The topological polar surface area (TPSA) is 97.8 Å². The molecule has 1 N–H and O–H groups in total. The lowest BCUT2D eigenvalue weighted by Crippen LogP contribution is -2.30. The Morgan fingerprint density at radius 1 is 1.32 bits per heavy atom. The summed E-state index contributed by atoms with van der Waals surface area (Å²) >= 11 is 1.14. The normalized spacial score (nSPS) is 18.8. The first-order valence-electron chi connectivity index (χ1n) is 8.77. The first kappa shape index (κ1) is 19.8. The molecule has 2 aromatic rings. The zero-order chi connectivity index (χ0) is 20.3. The molecule has 2 heterocycles. The van der Waals surface area contributed by atoms with Crippen LogP contribution in [-0.4, -0.2) is 48.4 Å². The number of esters is 1. The number of hydrogen-bond acceptors (Lipinski definition) is 7. The summed E-state index contributed by atoms with van der Waals surface area (Å²) in [6, 6.07) is 6.91. The standard InChI is InChI=1S/C19H21N3O5S/c1-4-27-18(25)14-10-28-19(20-14)21-17(24)13-9-15(23)22(2)16(13)11-5-7-12(26-3)8-6-11/h5-8,10,13,16H,4,9H2,1-3H3,(H,20,21,24)/t13-,16+/m0/s1. The maximum absolute atomic E-state index is 12.9. The second-order valence-electron chi connectivity index (χ2n) is 6.28. The van der Waals surface area contributed by atoms with Crippen LogP contribution in [-0.2, 0) is 14.3 Å². The third-order valence-corrected chi connectivity index (χ3v) is 5.36. The van der Waals surface area contributed by atoms with Gasteiger partial charge in [-0.05, 0) is 24.6 Å². The number of ether oxygens (including phenoxy) is 2. The van der Waals surface area contributed by atoms with Crippen molar-refractivity contribution < 1.29 is 23.9 Å². The Kier molecular flexibility index (Phi) is 5.93. The van der Waals surface area contributed by atoms with E-state index < -0.39 is 11.9 Å². The summed E-state index contributed by atoms with van der Waals surface area (Å²) in [4.78, 5) is 42.5. The molecule has 8 nitrogen and oxygen atoms in total. The maximum atomic E-state index is 12.9. The first-order chi connectivity index (χ1) is 13.4. The molecule has 9 heteroatoms. The highest BCUT2D eigenvalue weighted by Crippen LogP contribution is 2.38. The van der Waals surface area contributed by atoms with E-state index in [9.17, 15) is 14.4 Å². The molecule has 3 rings (SSSR count). The summed E-state index contributed by atoms with van der Waals surface area (Å²) in [6.45, 7) is 1.96. The molecule has 1 aliphatic heterocycles. The predicted molar refractivity (Wildman–Crippen MR) is 103 cm³/mol. The fourth-order valence-electron chi connectivity index (χ4n) is 3.19. The molecule has 148 valence electrons. The van der Waals surface area contributed by atoms with Crippen LogP contribution >= 0.6 is 11.3 Å². The molecule has 1 aromatic heterocycles. The molecule has 1 aromatic carbocycles. The summed E-state index contributed by atoms with van der Waals surface area (Å²) in [5, 5.41) is 4.54. The summed E-state index contributed by atoms with van der Waals surface area (Å²) in [7, 11) is 3.27. The lowest BCUT2D eigenvalue weighted by atomic mass is 9.93. The lowest BCUT2D eigenvalue weighted by molar-refractivity contribution is -0.128. The van der Waals surface area contributed by atoms with Gasteiger partial charge in [-0.1, -0.05) is 12.1 Å². The van der Waals surface area contributed by atoms with Crippen LogP contribution in [0.4, 0.5) is 5.13 Å². The second kappa shape index (κ2) is 8.39. The van der Waals surface area contributed by atoms with E-state index in [1.54, 1.807) is 38.1 Å². The quantitative estimate of drug-likeness (QED) is 0.744. The second-order valence-corrected chi connectivity index (χ2v) is 7.14. The van der Waals surface area contributed by atoms with Crippen molar-refractivity contribution in [2.75, 3.05) is 26.1 Å². The molecule has 0 saturated carbocycles. The Bertz CT molecular complexity index is 880. The van der Waals surface area contributed by atoms with E-state index in [4.69, 9.17) is 9.47 Å². The van der Waals surface area contributed by atoms with E-state index in [-0.39, 0.29) is 36.6 Å². The fourth-order valence-corrected chi connectivity index (χ4v) is 3.87. The zero-order valence-corrected chi connectivity index (χ0v) is 16.6. The van der Waals surface area contributed by atoms with E-state index in [0.29, 0.717) is 10.9 Å². The van der Waals surface area contributed by atoms with E-state index in [1.165, 1.54) is 5.38 Å². The van der Waals surface area contributed by atoms with Gasteiger partial charge in [-0.2, -0.15) is 0 Å². The number of amides is 2. The zero-order valence-electron chi connectivity index (χ0n) is 15.8. The molecule has 0 unspecified atom stereocenters. The molecule has 0 bridgehead atoms. The molecule has 2 amide bonds. The molecule has 1 aliphatic rings. The van der Waals surface area contributed by atoms with Gasteiger partial charge in [0.1, 0.15) is 5.75 Å². The van der Waals surface area contributed by atoms with Gasteiger partial charge in [0.25, 0.3) is 0 Å². The highest BCUT2D eigenvalue weighted by Gasteiger charge is 2.42. The summed E-state index contributed by atoms with van der Waals surface area (Å²) < 4.78 is 10.1. The van der Waals surface area contributed by atoms with Crippen molar-refractivity contribution in [1.82, 2.24) is 9.88 Å². The van der Waals surface area contributed by atoms with Crippen LogP contribution in [0.5, 0.6) is 5.75 Å². The average molecular weight is 403 g/mol. The van der Waals surface area contributed by atoms with Crippen LogP contribution in [0.2, 0.25) is 0 Å². The molecule has 0 spiro atoms. The highest BCUT2D eigenvalue weighted by molar-refractivity contribution is 7.14. The van der Waals surface area contributed by atoms with Crippen LogP contribution in [0.1, 0.15) is 35.4 Å². The van der Waals surface area contributed by atoms with Crippen LogP contribution < -0.4 is 10.1 Å². The van der Waals surface area contributed by atoms with Crippen molar-refractivity contribution >= 4 is 34.3 Å². The molecule has 0 aliphatic carbocycles. The minimum atomic E-state index is -0.569. The van der Waals surface area contributed by atoms with E-state index in [2.05, 4.69) is 10.3 Å². The van der Waals surface area contributed by atoms with Crippen molar-refractivity contribution in [1.29, 1.82) is 0 Å². The van der Waals surface area contributed by atoms with E-state index >= 15 is 0 Å². The van der Waals surface area contributed by atoms with Gasteiger partial charge in [0.15, 0.2) is 10.8 Å². The van der Waals surface area contributed by atoms with Crippen molar-refractivity contribution in [3.8, 4) is 5.75 Å². The number of likely N-dealkylation sites (tertiary alicyclic amines) is 1. The summed E-state index contributed by atoms with van der Waals surface area (Å²) in [6.07, 6.45) is 0.106. The number of methoxy groups -OCH3 is 1. The largest absolute Gasteiger partial charge is 0.497 e. The van der Waals surface area contributed by atoms with Crippen molar-refractivity contribution in [2.24, 2.45) is 5.92 Å². The number of aromatic nitrogens is 1. The summed E-state index contributed by atoms with van der Waals surface area (Å²) in [5.74, 6) is -0.825. The number of anilines is 1. The van der Waals surface area contributed by atoms with E-state index in [0.717, 1.165) is 16.9 Å². The lowest BCUT2D eigenvalue weighted by Gasteiger charge is -2.24. The fraction of sp³-hybridized carbons (Fsp3) is 0.368. The van der Waals surface area contributed by atoms with Crippen LogP contribution in [0.15, 0.2) is 29.6 Å². The monoisotopic (exact) mass is 403 g/mol. The minimum absolute atomic E-state index is 0.104. The molecule has 1 fully saturated rings.